The lowest BCUT2D eigenvalue weighted by atomic mass is 10.2. The Morgan fingerprint density at radius 2 is 2.24 bits per heavy atom. The Balaban J connectivity index is 2.13. The number of nitrogens with one attached hydrogen (secondary N) is 2. The fourth-order valence-corrected chi connectivity index (χ4v) is 1.82. The molecule has 1 aromatic heterocycles. The molecule has 1 heterocycles. The maximum Gasteiger partial charge on any atom is 0.295 e. The van der Waals surface area contributed by atoms with E-state index in [0.29, 0.717) is 35.9 Å². The van der Waals surface area contributed by atoms with Gasteiger partial charge < -0.3 is 15.2 Å². The van der Waals surface area contributed by atoms with E-state index in [4.69, 9.17) is 4.74 Å². The van der Waals surface area contributed by atoms with Crippen molar-refractivity contribution in [3.8, 4) is 5.75 Å². The molecule has 2 rings (SSSR count). The molecule has 0 aliphatic heterocycles. The molecule has 0 aliphatic carbocycles. The summed E-state index contributed by atoms with van der Waals surface area (Å²) in [7, 11) is 0. The number of aryl methyl sites for hydroxylation is 1. The third-order valence-electron chi connectivity index (χ3n) is 2.86. The number of carbonyl (C=O) groups excluding carboxylic acids is 1. The lowest BCUT2D eigenvalue weighted by Gasteiger charge is -2.10. The number of aliphatic hydroxyl groups is 1. The number of ether oxygens (including phenoxy) is 1. The molecule has 1 aromatic carbocycles. The number of hydrogen-bond donors (Lipinski definition) is 3. The summed E-state index contributed by atoms with van der Waals surface area (Å²) < 4.78 is 5.39. The van der Waals surface area contributed by atoms with Crippen LogP contribution in [-0.2, 0) is 13.0 Å². The van der Waals surface area contributed by atoms with Crippen molar-refractivity contribution in [3.05, 3.63) is 35.4 Å². The van der Waals surface area contributed by atoms with Crippen LogP contribution in [0.5, 0.6) is 5.75 Å². The summed E-state index contributed by atoms with van der Waals surface area (Å²) in [5.74, 6) is 0.942. The van der Waals surface area contributed by atoms with Gasteiger partial charge in [0, 0.05) is 17.7 Å². The lowest BCUT2D eigenvalue weighted by Crippen LogP contribution is -2.14. The number of aliphatic hydroxyl groups excluding tert-OH is 1. The fourth-order valence-electron chi connectivity index (χ4n) is 1.82. The number of benzene rings is 1. The van der Waals surface area contributed by atoms with Crippen molar-refractivity contribution >= 4 is 11.6 Å². The van der Waals surface area contributed by atoms with E-state index in [-0.39, 0.29) is 12.4 Å². The van der Waals surface area contributed by atoms with E-state index in [1.807, 2.05) is 13.8 Å². The summed E-state index contributed by atoms with van der Waals surface area (Å²) in [4.78, 5) is 16.1. The van der Waals surface area contributed by atoms with Crippen molar-refractivity contribution in [1.29, 1.82) is 0 Å². The quantitative estimate of drug-likeness (QED) is 0.748. The predicted molar refractivity (Wildman–Crippen MR) is 77.2 cm³/mol. The Hall–Kier alpha value is -2.41. The molecule has 7 nitrogen and oxygen atoms in total. The highest BCUT2D eigenvalue weighted by Crippen LogP contribution is 2.23. The van der Waals surface area contributed by atoms with Gasteiger partial charge in [0.1, 0.15) is 11.6 Å². The van der Waals surface area contributed by atoms with Gasteiger partial charge >= 0.3 is 0 Å². The number of aromatic nitrogens is 3. The van der Waals surface area contributed by atoms with Gasteiger partial charge in [-0.05, 0) is 25.1 Å². The number of anilines is 1. The number of carbonyl (C=O) groups is 1. The first kappa shape index (κ1) is 15.0. The molecule has 0 spiro atoms. The van der Waals surface area contributed by atoms with Gasteiger partial charge in [-0.1, -0.05) is 6.92 Å². The second-order valence-corrected chi connectivity index (χ2v) is 4.33. The lowest BCUT2D eigenvalue weighted by molar-refractivity contribution is 0.101. The molecule has 0 saturated heterocycles. The van der Waals surface area contributed by atoms with Crippen molar-refractivity contribution < 1.29 is 14.6 Å². The van der Waals surface area contributed by atoms with Crippen molar-refractivity contribution in [2.45, 2.75) is 26.9 Å². The first-order chi connectivity index (χ1) is 10.2. The van der Waals surface area contributed by atoms with E-state index in [1.165, 1.54) is 0 Å². The van der Waals surface area contributed by atoms with Crippen LogP contribution >= 0.6 is 0 Å². The Labute approximate surface area is 122 Å². The van der Waals surface area contributed by atoms with Crippen LogP contribution in [-0.4, -0.2) is 32.8 Å². The first-order valence-corrected chi connectivity index (χ1v) is 6.77. The molecule has 0 fully saturated rings. The van der Waals surface area contributed by atoms with E-state index in [2.05, 4.69) is 20.5 Å². The van der Waals surface area contributed by atoms with Gasteiger partial charge in [-0.15, -0.1) is 5.10 Å². The summed E-state index contributed by atoms with van der Waals surface area (Å²) in [6.45, 7) is 4.13. The van der Waals surface area contributed by atoms with Gasteiger partial charge in [0.2, 0.25) is 5.82 Å². The van der Waals surface area contributed by atoms with Gasteiger partial charge in [0.05, 0.1) is 13.2 Å². The van der Waals surface area contributed by atoms with Gasteiger partial charge in [-0.3, -0.25) is 9.89 Å². The number of hydrogen-bond acceptors (Lipinski definition) is 5. The molecule has 2 aromatic rings. The molecular weight excluding hydrogens is 272 g/mol. The molecule has 0 atom stereocenters. The van der Waals surface area contributed by atoms with E-state index in [1.54, 1.807) is 18.2 Å². The predicted octanol–water partition coefficient (Wildman–Crippen LogP) is 1.51. The zero-order valence-electron chi connectivity index (χ0n) is 12.0. The Bertz CT molecular complexity index is 624. The summed E-state index contributed by atoms with van der Waals surface area (Å²) in [6.07, 6.45) is 0.679. The number of H-pyrrole nitrogens is 1. The summed E-state index contributed by atoms with van der Waals surface area (Å²) in [5.41, 5.74) is 1.16. The van der Waals surface area contributed by atoms with E-state index < -0.39 is 5.91 Å². The Morgan fingerprint density at radius 3 is 2.86 bits per heavy atom. The highest BCUT2D eigenvalue weighted by atomic mass is 16.5. The smallest absolute Gasteiger partial charge is 0.295 e. The van der Waals surface area contributed by atoms with Gasteiger partial charge in [0.15, 0.2) is 0 Å². The molecule has 0 saturated carbocycles. The van der Waals surface area contributed by atoms with Gasteiger partial charge in [0.25, 0.3) is 5.91 Å². The maximum atomic E-state index is 12.0. The normalized spacial score (nSPS) is 10.4. The van der Waals surface area contributed by atoms with E-state index >= 15 is 0 Å². The second kappa shape index (κ2) is 6.85. The third kappa shape index (κ3) is 3.57. The number of rotatable bonds is 6. The second-order valence-electron chi connectivity index (χ2n) is 4.33. The minimum Gasteiger partial charge on any atom is -0.494 e. The van der Waals surface area contributed by atoms with Crippen LogP contribution in [0.15, 0.2) is 18.2 Å². The first-order valence-electron chi connectivity index (χ1n) is 6.77. The van der Waals surface area contributed by atoms with Crippen molar-refractivity contribution in [3.63, 3.8) is 0 Å². The van der Waals surface area contributed by atoms with Crippen LogP contribution in [0.3, 0.4) is 0 Å². The molecule has 1 amide bonds. The molecule has 0 unspecified atom stereocenters. The molecule has 7 heteroatoms. The Kier molecular flexibility index (Phi) is 4.89. The minimum absolute atomic E-state index is 0.0892. The van der Waals surface area contributed by atoms with Crippen LogP contribution in [0, 0.1) is 0 Å². The maximum absolute atomic E-state index is 12.0. The zero-order valence-corrected chi connectivity index (χ0v) is 12.0. The van der Waals surface area contributed by atoms with Crippen LogP contribution in [0.2, 0.25) is 0 Å². The van der Waals surface area contributed by atoms with Crippen molar-refractivity contribution in [2.24, 2.45) is 0 Å². The Morgan fingerprint density at radius 1 is 1.43 bits per heavy atom. The van der Waals surface area contributed by atoms with Crippen LogP contribution < -0.4 is 10.1 Å². The third-order valence-corrected chi connectivity index (χ3v) is 2.86. The van der Waals surface area contributed by atoms with Gasteiger partial charge in [-0.25, -0.2) is 4.98 Å². The number of amides is 1. The molecule has 112 valence electrons. The van der Waals surface area contributed by atoms with E-state index in [9.17, 15) is 9.90 Å². The highest BCUT2D eigenvalue weighted by molar-refractivity contribution is 6.01. The van der Waals surface area contributed by atoms with Crippen molar-refractivity contribution in [2.75, 3.05) is 11.9 Å². The fraction of sp³-hybridized carbons (Fsp3) is 0.357. The highest BCUT2D eigenvalue weighted by Gasteiger charge is 2.13. The largest absolute Gasteiger partial charge is 0.494 e. The van der Waals surface area contributed by atoms with Crippen LogP contribution in [0.4, 0.5) is 5.69 Å². The average molecular weight is 290 g/mol. The topological polar surface area (TPSA) is 100 Å². The summed E-state index contributed by atoms with van der Waals surface area (Å²) in [5, 5.41) is 18.6. The number of aromatic amines is 1. The standard InChI is InChI=1S/C14H18N4O3/c1-3-12-16-13(18-17-12)14(20)15-10-5-6-11(21-4-2)9(7-10)8-19/h5-7,19H,3-4,8H2,1-2H3,(H,15,20)(H,16,17,18). The minimum atomic E-state index is -0.404. The van der Waals surface area contributed by atoms with Crippen molar-refractivity contribution in [1.82, 2.24) is 15.2 Å². The molecule has 21 heavy (non-hydrogen) atoms. The number of nitrogens with zero attached hydrogens (tertiary/aromatic N) is 2. The molecule has 0 radical (unpaired) electrons. The molecule has 0 bridgehead atoms. The zero-order chi connectivity index (χ0) is 15.2. The molecule has 0 aliphatic rings. The molecule has 3 N–H and O–H groups in total. The van der Waals surface area contributed by atoms with Gasteiger partial charge in [-0.2, -0.15) is 0 Å². The average Bonchev–Trinajstić information content (AvgIpc) is 2.98. The van der Waals surface area contributed by atoms with Crippen LogP contribution in [0.25, 0.3) is 0 Å². The SMILES string of the molecule is CCOc1ccc(NC(=O)c2n[nH]c(CC)n2)cc1CO. The monoisotopic (exact) mass is 290 g/mol. The molecular formula is C14H18N4O3. The summed E-state index contributed by atoms with van der Waals surface area (Å²) >= 11 is 0. The van der Waals surface area contributed by atoms with E-state index in [0.717, 1.165) is 0 Å². The van der Waals surface area contributed by atoms with Crippen LogP contribution in [0.1, 0.15) is 35.9 Å². The summed E-state index contributed by atoms with van der Waals surface area (Å²) in [6, 6.07) is 5.08.